The predicted octanol–water partition coefficient (Wildman–Crippen LogP) is 2.17. The third-order valence-electron chi connectivity index (χ3n) is 2.60. The molecule has 0 bridgehead atoms. The Morgan fingerprint density at radius 3 is 2.71 bits per heavy atom. The van der Waals surface area contributed by atoms with Crippen LogP contribution in [0.1, 0.15) is 23.5 Å². The molecule has 0 radical (unpaired) electrons. The van der Waals surface area contributed by atoms with Gasteiger partial charge in [0.25, 0.3) is 0 Å². The first-order valence-electron chi connectivity index (χ1n) is 5.28. The Bertz CT molecular complexity index is 420. The summed E-state index contributed by atoms with van der Waals surface area (Å²) in [6.07, 6.45) is 0.353. The molecule has 94 valence electrons. The molecule has 1 unspecified atom stereocenters. The van der Waals surface area contributed by atoms with E-state index in [2.05, 4.69) is 0 Å². The van der Waals surface area contributed by atoms with Crippen molar-refractivity contribution in [3.63, 3.8) is 0 Å². The standard InChI is InChI=1S/C12H16ClNO3/c1-7-5-8(13)6-10(11(7)17-2)9(3-4-14)12(15)16/h5-6,9H,3-4,14H2,1-2H3,(H,15,16). The average Bonchev–Trinajstić information content (AvgIpc) is 2.24. The molecule has 1 aromatic rings. The van der Waals surface area contributed by atoms with Gasteiger partial charge < -0.3 is 15.6 Å². The van der Waals surface area contributed by atoms with Crippen molar-refractivity contribution in [3.05, 3.63) is 28.3 Å². The zero-order chi connectivity index (χ0) is 13.0. The molecule has 0 saturated heterocycles. The lowest BCUT2D eigenvalue weighted by Crippen LogP contribution is -2.17. The summed E-state index contributed by atoms with van der Waals surface area (Å²) in [7, 11) is 1.51. The molecule has 5 heteroatoms. The van der Waals surface area contributed by atoms with Crippen molar-refractivity contribution in [2.75, 3.05) is 13.7 Å². The third kappa shape index (κ3) is 3.11. The van der Waals surface area contributed by atoms with Crippen LogP contribution in [0.25, 0.3) is 0 Å². The lowest BCUT2D eigenvalue weighted by Gasteiger charge is -2.17. The summed E-state index contributed by atoms with van der Waals surface area (Å²) < 4.78 is 5.25. The van der Waals surface area contributed by atoms with E-state index in [9.17, 15) is 9.90 Å². The van der Waals surface area contributed by atoms with Gasteiger partial charge in [0.15, 0.2) is 0 Å². The minimum Gasteiger partial charge on any atom is -0.496 e. The lowest BCUT2D eigenvalue weighted by molar-refractivity contribution is -0.138. The number of rotatable bonds is 5. The van der Waals surface area contributed by atoms with Gasteiger partial charge in [-0.2, -0.15) is 0 Å². The second-order valence-electron chi connectivity index (χ2n) is 3.81. The van der Waals surface area contributed by atoms with E-state index in [1.54, 1.807) is 12.1 Å². The van der Waals surface area contributed by atoms with Crippen molar-refractivity contribution in [1.82, 2.24) is 0 Å². The Morgan fingerprint density at radius 1 is 1.59 bits per heavy atom. The van der Waals surface area contributed by atoms with Gasteiger partial charge in [-0.15, -0.1) is 0 Å². The minimum atomic E-state index is -0.921. The molecule has 3 N–H and O–H groups in total. The van der Waals surface area contributed by atoms with Crippen LogP contribution in [-0.2, 0) is 4.79 Å². The molecule has 0 saturated carbocycles. The maximum Gasteiger partial charge on any atom is 0.311 e. The molecule has 0 aromatic heterocycles. The van der Waals surface area contributed by atoms with E-state index in [1.807, 2.05) is 6.92 Å². The monoisotopic (exact) mass is 257 g/mol. The fraction of sp³-hybridized carbons (Fsp3) is 0.417. The van der Waals surface area contributed by atoms with Gasteiger partial charge in [0.1, 0.15) is 5.75 Å². The van der Waals surface area contributed by atoms with Gasteiger partial charge in [-0.05, 0) is 37.6 Å². The van der Waals surface area contributed by atoms with Crippen LogP contribution in [0.15, 0.2) is 12.1 Å². The molecule has 1 aromatic carbocycles. The van der Waals surface area contributed by atoms with Gasteiger partial charge in [-0.1, -0.05) is 11.6 Å². The molecule has 0 fully saturated rings. The third-order valence-corrected chi connectivity index (χ3v) is 2.82. The Balaban J connectivity index is 3.30. The normalized spacial score (nSPS) is 12.2. The maximum absolute atomic E-state index is 11.2. The SMILES string of the molecule is COc1c(C)cc(Cl)cc1C(CCN)C(=O)O. The molecule has 0 amide bonds. The number of carbonyl (C=O) groups is 1. The molecule has 1 rings (SSSR count). The van der Waals surface area contributed by atoms with Crippen molar-refractivity contribution >= 4 is 17.6 Å². The zero-order valence-electron chi connectivity index (χ0n) is 9.87. The van der Waals surface area contributed by atoms with E-state index in [1.165, 1.54) is 7.11 Å². The van der Waals surface area contributed by atoms with Crippen LogP contribution in [0.2, 0.25) is 5.02 Å². The first-order valence-corrected chi connectivity index (χ1v) is 5.66. The van der Waals surface area contributed by atoms with Crippen molar-refractivity contribution in [3.8, 4) is 5.75 Å². The van der Waals surface area contributed by atoms with Crippen molar-refractivity contribution in [1.29, 1.82) is 0 Å². The summed E-state index contributed by atoms with van der Waals surface area (Å²) in [5.74, 6) is -1.04. The van der Waals surface area contributed by atoms with Gasteiger partial charge in [0.2, 0.25) is 0 Å². The molecule has 0 aliphatic rings. The highest BCUT2D eigenvalue weighted by atomic mass is 35.5. The molecule has 17 heavy (non-hydrogen) atoms. The number of carboxylic acid groups (broad SMARTS) is 1. The Morgan fingerprint density at radius 2 is 2.24 bits per heavy atom. The maximum atomic E-state index is 11.2. The van der Waals surface area contributed by atoms with Crippen molar-refractivity contribution in [2.24, 2.45) is 5.73 Å². The lowest BCUT2D eigenvalue weighted by atomic mass is 9.93. The molecule has 0 heterocycles. The number of ether oxygens (including phenoxy) is 1. The minimum absolute atomic E-state index is 0.297. The number of hydrogen-bond acceptors (Lipinski definition) is 3. The summed E-state index contributed by atoms with van der Waals surface area (Å²) in [4.78, 5) is 11.2. The quantitative estimate of drug-likeness (QED) is 0.848. The van der Waals surface area contributed by atoms with Crippen LogP contribution in [0.3, 0.4) is 0 Å². The van der Waals surface area contributed by atoms with Crippen LogP contribution >= 0.6 is 11.6 Å². The molecule has 0 spiro atoms. The van der Waals surface area contributed by atoms with Gasteiger partial charge >= 0.3 is 5.97 Å². The van der Waals surface area contributed by atoms with Crippen LogP contribution < -0.4 is 10.5 Å². The largest absolute Gasteiger partial charge is 0.496 e. The topological polar surface area (TPSA) is 72.5 Å². The molecule has 1 atom stereocenters. The van der Waals surface area contributed by atoms with E-state index < -0.39 is 11.9 Å². The van der Waals surface area contributed by atoms with Crippen molar-refractivity contribution < 1.29 is 14.6 Å². The highest BCUT2D eigenvalue weighted by Crippen LogP contribution is 2.34. The van der Waals surface area contributed by atoms with Gasteiger partial charge in [0.05, 0.1) is 13.0 Å². The fourth-order valence-electron chi connectivity index (χ4n) is 1.87. The van der Waals surface area contributed by atoms with Crippen molar-refractivity contribution in [2.45, 2.75) is 19.3 Å². The van der Waals surface area contributed by atoms with E-state index in [0.29, 0.717) is 29.3 Å². The molecular formula is C12H16ClNO3. The number of methoxy groups -OCH3 is 1. The van der Waals surface area contributed by atoms with Crippen LogP contribution in [-0.4, -0.2) is 24.7 Å². The molecule has 0 aliphatic carbocycles. The summed E-state index contributed by atoms with van der Waals surface area (Å²) in [6.45, 7) is 2.13. The van der Waals surface area contributed by atoms with Gasteiger partial charge in [-0.25, -0.2) is 0 Å². The average molecular weight is 258 g/mol. The van der Waals surface area contributed by atoms with Crippen LogP contribution in [0.4, 0.5) is 0 Å². The fourth-order valence-corrected chi connectivity index (χ4v) is 2.15. The summed E-state index contributed by atoms with van der Waals surface area (Å²) in [5.41, 5.74) is 6.83. The number of benzene rings is 1. The second kappa shape index (κ2) is 5.89. The number of aliphatic carboxylic acids is 1. The second-order valence-corrected chi connectivity index (χ2v) is 4.25. The van der Waals surface area contributed by atoms with E-state index in [0.717, 1.165) is 5.56 Å². The van der Waals surface area contributed by atoms with E-state index in [-0.39, 0.29) is 0 Å². The molecular weight excluding hydrogens is 242 g/mol. The highest BCUT2D eigenvalue weighted by Gasteiger charge is 2.24. The zero-order valence-corrected chi connectivity index (χ0v) is 10.6. The predicted molar refractivity (Wildman–Crippen MR) is 66.8 cm³/mol. The molecule has 0 aliphatic heterocycles. The number of aryl methyl sites for hydroxylation is 1. The first-order chi connectivity index (χ1) is 8.01. The smallest absolute Gasteiger partial charge is 0.311 e. The summed E-state index contributed by atoms with van der Waals surface area (Å²) in [6, 6.07) is 3.37. The van der Waals surface area contributed by atoms with E-state index in [4.69, 9.17) is 22.1 Å². The molecule has 4 nitrogen and oxygen atoms in total. The Hall–Kier alpha value is -1.26. The number of halogens is 1. The Labute approximate surface area is 105 Å². The number of nitrogens with two attached hydrogens (primary N) is 1. The summed E-state index contributed by atoms with van der Waals surface area (Å²) in [5, 5.41) is 9.71. The van der Waals surface area contributed by atoms with Crippen LogP contribution in [0, 0.1) is 6.92 Å². The Kier molecular flexibility index (Phi) is 4.78. The number of carboxylic acids is 1. The van der Waals surface area contributed by atoms with E-state index >= 15 is 0 Å². The number of hydrogen-bond donors (Lipinski definition) is 2. The van der Waals surface area contributed by atoms with Crippen LogP contribution in [0.5, 0.6) is 5.75 Å². The van der Waals surface area contributed by atoms with Gasteiger partial charge in [-0.3, -0.25) is 4.79 Å². The summed E-state index contributed by atoms with van der Waals surface area (Å²) >= 11 is 5.95. The highest BCUT2D eigenvalue weighted by molar-refractivity contribution is 6.30. The van der Waals surface area contributed by atoms with Gasteiger partial charge in [0, 0.05) is 10.6 Å². The first kappa shape index (κ1) is 13.8.